The molecule has 2 aromatic heterocycles. The third-order valence-corrected chi connectivity index (χ3v) is 9.84. The molecule has 2 nitrogen and oxygen atoms in total. The molecule has 5 aliphatic rings. The Kier molecular flexibility index (Phi) is 7.42. The molecule has 0 bridgehead atoms. The van der Waals surface area contributed by atoms with Crippen LogP contribution >= 0.6 is 0 Å². The third kappa shape index (κ3) is 4.90. The lowest BCUT2D eigenvalue weighted by Crippen LogP contribution is -2.04. The quantitative estimate of drug-likeness (QED) is 0.266. The Balaban J connectivity index is 1.19. The first-order chi connectivity index (χ1) is 22.7. The van der Waals surface area contributed by atoms with Gasteiger partial charge in [0, 0.05) is 57.7 Å². The average molecular weight is 597 g/mol. The molecule has 0 spiro atoms. The van der Waals surface area contributed by atoms with E-state index in [1.807, 2.05) is 0 Å². The second kappa shape index (κ2) is 12.0. The molecule has 5 aliphatic carbocycles. The van der Waals surface area contributed by atoms with E-state index in [4.69, 9.17) is 0 Å². The lowest BCUT2D eigenvalue weighted by atomic mass is 9.89. The van der Waals surface area contributed by atoms with Crippen LogP contribution in [-0.4, -0.2) is 9.13 Å². The van der Waals surface area contributed by atoms with Gasteiger partial charge in [-0.05, 0) is 79.2 Å². The van der Waals surface area contributed by atoms with Crippen molar-refractivity contribution >= 4 is 46.6 Å². The molecule has 0 amide bonds. The minimum atomic E-state index is 0.288. The molecule has 0 radical (unpaired) electrons. The van der Waals surface area contributed by atoms with Crippen LogP contribution in [0.2, 0.25) is 0 Å². The molecule has 3 aromatic rings. The fraction of sp³-hybridized carbons (Fsp3) is 0.182. The molecule has 1 atom stereocenters. The van der Waals surface area contributed by atoms with Gasteiger partial charge >= 0.3 is 0 Å². The Morgan fingerprint density at radius 3 is 2.39 bits per heavy atom. The van der Waals surface area contributed by atoms with Gasteiger partial charge in [-0.15, -0.1) is 0 Å². The number of rotatable bonds is 3. The molecule has 0 N–H and O–H groups in total. The topological polar surface area (TPSA) is 9.86 Å². The highest BCUT2D eigenvalue weighted by Crippen LogP contribution is 2.39. The largest absolute Gasteiger partial charge is 0.313 e. The Hall–Kier alpha value is -5.08. The van der Waals surface area contributed by atoms with Crippen molar-refractivity contribution in [3.05, 3.63) is 166 Å². The maximum Gasteiger partial charge on any atom is 0.0537 e. The summed E-state index contributed by atoms with van der Waals surface area (Å²) in [6.45, 7) is 4.62. The lowest BCUT2D eigenvalue weighted by Gasteiger charge is -2.17. The summed E-state index contributed by atoms with van der Waals surface area (Å²) in [7, 11) is 0. The van der Waals surface area contributed by atoms with E-state index in [0.29, 0.717) is 0 Å². The standard InChI is InChI=1S/C44H40N2/c1-31-26-27-33(45-41-22-10-4-3-7-17-37(41)40-20-13-14-25-42(40)45)28-29-36(31)35-21-15-16-34(30-32(35)2)46-43-23-11-5-8-18-38(43)39-19-9-6-12-24-44(39)46/h4-5,7-14,16-21,24-31H,3,6,15,22-23H2,1-2H3/b10-4-,17-7-. The van der Waals surface area contributed by atoms with Crippen LogP contribution in [-0.2, 0) is 12.8 Å². The van der Waals surface area contributed by atoms with E-state index in [-0.39, 0.29) is 5.92 Å². The predicted octanol–water partition coefficient (Wildman–Crippen LogP) is 11.3. The number of benzene rings is 1. The van der Waals surface area contributed by atoms with Crippen molar-refractivity contribution in [2.45, 2.75) is 46.0 Å². The van der Waals surface area contributed by atoms with E-state index in [1.54, 1.807) is 0 Å². The van der Waals surface area contributed by atoms with Crippen LogP contribution in [0.5, 0.6) is 0 Å². The second-order valence-electron chi connectivity index (χ2n) is 12.7. The Morgan fingerprint density at radius 1 is 0.652 bits per heavy atom. The highest BCUT2D eigenvalue weighted by Gasteiger charge is 2.23. The van der Waals surface area contributed by atoms with Crippen molar-refractivity contribution in [2.75, 3.05) is 0 Å². The first-order valence-electron chi connectivity index (χ1n) is 16.8. The van der Waals surface area contributed by atoms with Gasteiger partial charge in [0.1, 0.15) is 0 Å². The summed E-state index contributed by atoms with van der Waals surface area (Å²) in [6, 6.07) is 8.85. The zero-order chi connectivity index (χ0) is 31.0. The molecule has 0 saturated carbocycles. The van der Waals surface area contributed by atoms with E-state index < -0.39 is 0 Å². The summed E-state index contributed by atoms with van der Waals surface area (Å²) in [5.74, 6) is 0.288. The summed E-state index contributed by atoms with van der Waals surface area (Å²) in [4.78, 5) is 0. The van der Waals surface area contributed by atoms with Crippen molar-refractivity contribution in [2.24, 2.45) is 5.92 Å². The third-order valence-electron chi connectivity index (χ3n) is 9.84. The first kappa shape index (κ1) is 28.4. The molecular formula is C44H40N2. The van der Waals surface area contributed by atoms with Crippen LogP contribution in [0.25, 0.3) is 46.6 Å². The van der Waals surface area contributed by atoms with Crippen molar-refractivity contribution in [1.29, 1.82) is 0 Å². The number of fused-ring (bicyclic) bond motifs is 6. The number of hydrogen-bond donors (Lipinski definition) is 0. The van der Waals surface area contributed by atoms with Crippen LogP contribution < -0.4 is 0 Å². The van der Waals surface area contributed by atoms with Gasteiger partial charge < -0.3 is 9.13 Å². The van der Waals surface area contributed by atoms with Crippen molar-refractivity contribution in [1.82, 2.24) is 9.13 Å². The van der Waals surface area contributed by atoms with Crippen molar-refractivity contribution in [3.63, 3.8) is 0 Å². The zero-order valence-corrected chi connectivity index (χ0v) is 26.8. The van der Waals surface area contributed by atoms with Crippen LogP contribution in [0.4, 0.5) is 0 Å². The van der Waals surface area contributed by atoms with Crippen LogP contribution in [0.1, 0.15) is 66.9 Å². The first-order valence-corrected chi connectivity index (χ1v) is 16.8. The minimum absolute atomic E-state index is 0.288. The molecule has 2 heteroatoms. The van der Waals surface area contributed by atoms with Gasteiger partial charge in [0.2, 0.25) is 0 Å². The molecule has 0 saturated heterocycles. The van der Waals surface area contributed by atoms with Gasteiger partial charge in [-0.1, -0.05) is 116 Å². The fourth-order valence-electron chi connectivity index (χ4n) is 7.64. The Labute approximate surface area is 272 Å². The van der Waals surface area contributed by atoms with E-state index in [1.165, 1.54) is 72.8 Å². The van der Waals surface area contributed by atoms with Crippen LogP contribution in [0.15, 0.2) is 132 Å². The SMILES string of the molecule is CC1=CC(n2c3c(c4c2CC=CC=C4)C=CCC=C3)=CCC=C1C1=CC=C(n2c3c(c4ccccc42)/C=C\C/C=C\C3)C=CC1C. The number of aromatic nitrogens is 2. The second-order valence-corrected chi connectivity index (χ2v) is 12.7. The smallest absolute Gasteiger partial charge is 0.0537 e. The summed E-state index contributed by atoms with van der Waals surface area (Å²) < 4.78 is 4.99. The van der Waals surface area contributed by atoms with E-state index in [2.05, 4.69) is 163 Å². The summed E-state index contributed by atoms with van der Waals surface area (Å²) in [5.41, 5.74) is 15.8. The molecule has 226 valence electrons. The molecule has 0 aliphatic heterocycles. The highest BCUT2D eigenvalue weighted by molar-refractivity contribution is 5.95. The van der Waals surface area contributed by atoms with Crippen molar-refractivity contribution in [3.8, 4) is 0 Å². The number of nitrogens with zero attached hydrogens (tertiary/aromatic N) is 2. The van der Waals surface area contributed by atoms with Gasteiger partial charge in [-0.2, -0.15) is 0 Å². The van der Waals surface area contributed by atoms with Crippen LogP contribution in [0, 0.1) is 5.92 Å². The van der Waals surface area contributed by atoms with Gasteiger partial charge in [0.15, 0.2) is 0 Å². The maximum atomic E-state index is 2.51. The molecule has 0 fully saturated rings. The molecule has 46 heavy (non-hydrogen) atoms. The molecule has 8 rings (SSSR count). The molecule has 1 aromatic carbocycles. The summed E-state index contributed by atoms with van der Waals surface area (Å²) in [6.07, 6.45) is 48.7. The lowest BCUT2D eigenvalue weighted by molar-refractivity contribution is 0.874. The summed E-state index contributed by atoms with van der Waals surface area (Å²) >= 11 is 0. The monoisotopic (exact) mass is 596 g/mol. The highest BCUT2D eigenvalue weighted by atomic mass is 15.0. The number of hydrogen-bond acceptors (Lipinski definition) is 0. The van der Waals surface area contributed by atoms with Crippen molar-refractivity contribution < 1.29 is 0 Å². The van der Waals surface area contributed by atoms with Gasteiger partial charge in [-0.25, -0.2) is 0 Å². The molecule has 1 unspecified atom stereocenters. The van der Waals surface area contributed by atoms with Gasteiger partial charge in [-0.3, -0.25) is 0 Å². The zero-order valence-electron chi connectivity index (χ0n) is 26.8. The average Bonchev–Trinajstić information content (AvgIpc) is 3.31. The Morgan fingerprint density at radius 2 is 1.46 bits per heavy atom. The fourth-order valence-corrected chi connectivity index (χ4v) is 7.64. The van der Waals surface area contributed by atoms with E-state index in [9.17, 15) is 0 Å². The molecular weight excluding hydrogens is 556 g/mol. The Bertz CT molecular complexity index is 2120. The van der Waals surface area contributed by atoms with Gasteiger partial charge in [0.25, 0.3) is 0 Å². The summed E-state index contributed by atoms with van der Waals surface area (Å²) in [5, 5.41) is 1.32. The number of allylic oxidation sites excluding steroid dienone is 20. The van der Waals surface area contributed by atoms with Gasteiger partial charge in [0.05, 0.1) is 11.2 Å². The van der Waals surface area contributed by atoms with E-state index >= 15 is 0 Å². The van der Waals surface area contributed by atoms with Crippen LogP contribution in [0.3, 0.4) is 0 Å². The molecule has 2 heterocycles. The normalized spacial score (nSPS) is 21.6. The maximum absolute atomic E-state index is 2.51. The number of para-hydroxylation sites is 1. The van der Waals surface area contributed by atoms with E-state index in [0.717, 1.165) is 32.1 Å². The predicted molar refractivity (Wildman–Crippen MR) is 199 cm³/mol. The minimum Gasteiger partial charge on any atom is -0.313 e.